The fourth-order valence-corrected chi connectivity index (χ4v) is 1.15. The van der Waals surface area contributed by atoms with E-state index in [1.54, 1.807) is 21.0 Å². The fourth-order valence-electron chi connectivity index (χ4n) is 1.15. The highest BCUT2D eigenvalue weighted by Crippen LogP contribution is 2.15. The second-order valence-electron chi connectivity index (χ2n) is 4.18. The van der Waals surface area contributed by atoms with Gasteiger partial charge in [0.25, 0.3) is 0 Å². The van der Waals surface area contributed by atoms with Gasteiger partial charge in [0, 0.05) is 7.11 Å². The van der Waals surface area contributed by atoms with Crippen LogP contribution in [0.4, 0.5) is 0 Å². The average molecular weight is 210 g/mol. The van der Waals surface area contributed by atoms with E-state index in [0.717, 1.165) is 11.3 Å². The maximum atomic E-state index is 9.50. The first-order chi connectivity index (χ1) is 7.01. The molecule has 3 heteroatoms. The number of hydrogen-bond acceptors (Lipinski definition) is 3. The Labute approximate surface area is 90.6 Å². The number of benzene rings is 1. The van der Waals surface area contributed by atoms with E-state index in [2.05, 4.69) is 0 Å². The van der Waals surface area contributed by atoms with Crippen molar-refractivity contribution >= 4 is 0 Å². The highest BCUT2D eigenvalue weighted by molar-refractivity contribution is 5.28. The van der Waals surface area contributed by atoms with E-state index < -0.39 is 5.60 Å². The topological polar surface area (TPSA) is 38.7 Å². The predicted octanol–water partition coefficient (Wildman–Crippen LogP) is 1.98. The third kappa shape index (κ3) is 4.81. The normalized spacial score (nSPS) is 11.5. The third-order valence-electron chi connectivity index (χ3n) is 1.80. The first kappa shape index (κ1) is 12.0. The highest BCUT2D eigenvalue weighted by atomic mass is 16.5. The number of ether oxygens (including phenoxy) is 2. The molecule has 0 radical (unpaired) electrons. The van der Waals surface area contributed by atoms with Crippen molar-refractivity contribution in [2.24, 2.45) is 0 Å². The van der Waals surface area contributed by atoms with E-state index in [-0.39, 0.29) is 6.61 Å². The molecule has 0 saturated carbocycles. The van der Waals surface area contributed by atoms with Crippen LogP contribution in [0.5, 0.6) is 5.75 Å². The Bertz CT molecular complexity index is 302. The van der Waals surface area contributed by atoms with Crippen LogP contribution in [0.25, 0.3) is 0 Å². The molecule has 0 amide bonds. The molecule has 0 atom stereocenters. The second kappa shape index (κ2) is 5.14. The van der Waals surface area contributed by atoms with Crippen molar-refractivity contribution in [2.75, 3.05) is 13.7 Å². The first-order valence-corrected chi connectivity index (χ1v) is 4.94. The van der Waals surface area contributed by atoms with Crippen LogP contribution in [0.3, 0.4) is 0 Å². The fraction of sp³-hybridized carbons (Fsp3) is 0.500. The lowest BCUT2D eigenvalue weighted by Gasteiger charge is -2.18. The summed E-state index contributed by atoms with van der Waals surface area (Å²) in [6, 6.07) is 7.66. The van der Waals surface area contributed by atoms with E-state index >= 15 is 0 Å². The van der Waals surface area contributed by atoms with Crippen molar-refractivity contribution in [1.29, 1.82) is 0 Å². The van der Waals surface area contributed by atoms with Gasteiger partial charge in [-0.05, 0) is 31.5 Å². The van der Waals surface area contributed by atoms with E-state index in [9.17, 15) is 5.11 Å². The summed E-state index contributed by atoms with van der Waals surface area (Å²) >= 11 is 0. The van der Waals surface area contributed by atoms with Crippen molar-refractivity contribution < 1.29 is 14.6 Å². The van der Waals surface area contributed by atoms with Crippen LogP contribution in [0.15, 0.2) is 24.3 Å². The van der Waals surface area contributed by atoms with Gasteiger partial charge in [0.05, 0.1) is 12.2 Å². The third-order valence-corrected chi connectivity index (χ3v) is 1.80. The number of aliphatic hydroxyl groups is 1. The molecule has 3 nitrogen and oxygen atoms in total. The van der Waals surface area contributed by atoms with Gasteiger partial charge in [-0.25, -0.2) is 0 Å². The summed E-state index contributed by atoms with van der Waals surface area (Å²) in [6.45, 7) is 4.28. The summed E-state index contributed by atoms with van der Waals surface area (Å²) < 4.78 is 10.5. The summed E-state index contributed by atoms with van der Waals surface area (Å²) in [7, 11) is 1.66. The summed E-state index contributed by atoms with van der Waals surface area (Å²) in [4.78, 5) is 0. The van der Waals surface area contributed by atoms with Crippen molar-refractivity contribution in [3.63, 3.8) is 0 Å². The predicted molar refractivity (Wildman–Crippen MR) is 58.9 cm³/mol. The smallest absolute Gasteiger partial charge is 0.119 e. The molecule has 0 heterocycles. The SMILES string of the molecule is COCc1cccc(OCC(C)(C)O)c1. The molecular weight excluding hydrogens is 192 g/mol. The first-order valence-electron chi connectivity index (χ1n) is 4.94. The molecule has 1 aromatic carbocycles. The van der Waals surface area contributed by atoms with Gasteiger partial charge >= 0.3 is 0 Å². The molecule has 1 N–H and O–H groups in total. The van der Waals surface area contributed by atoms with Crippen LogP contribution in [-0.2, 0) is 11.3 Å². The van der Waals surface area contributed by atoms with Crippen LogP contribution in [0.2, 0.25) is 0 Å². The maximum absolute atomic E-state index is 9.50. The molecule has 0 unspecified atom stereocenters. The molecule has 0 fully saturated rings. The monoisotopic (exact) mass is 210 g/mol. The summed E-state index contributed by atoms with van der Waals surface area (Å²) in [5.41, 5.74) is 0.253. The minimum absolute atomic E-state index is 0.281. The van der Waals surface area contributed by atoms with Crippen molar-refractivity contribution in [3.8, 4) is 5.75 Å². The highest BCUT2D eigenvalue weighted by Gasteiger charge is 2.13. The van der Waals surface area contributed by atoms with Gasteiger partial charge in [0.1, 0.15) is 12.4 Å². The van der Waals surface area contributed by atoms with Crippen LogP contribution in [0, 0.1) is 0 Å². The second-order valence-corrected chi connectivity index (χ2v) is 4.18. The van der Waals surface area contributed by atoms with Crippen LogP contribution in [-0.4, -0.2) is 24.4 Å². The Hall–Kier alpha value is -1.06. The standard InChI is InChI=1S/C12H18O3/c1-12(2,13)9-15-11-6-4-5-10(7-11)8-14-3/h4-7,13H,8-9H2,1-3H3. The van der Waals surface area contributed by atoms with Gasteiger partial charge < -0.3 is 14.6 Å². The molecule has 0 aromatic heterocycles. The summed E-state index contributed by atoms with van der Waals surface area (Å²) in [5.74, 6) is 0.756. The van der Waals surface area contributed by atoms with Crippen LogP contribution < -0.4 is 4.74 Å². The molecular formula is C12H18O3. The van der Waals surface area contributed by atoms with E-state index in [0.29, 0.717) is 6.61 Å². The molecule has 1 rings (SSSR count). The minimum Gasteiger partial charge on any atom is -0.491 e. The Kier molecular flexibility index (Phi) is 4.12. The largest absolute Gasteiger partial charge is 0.491 e. The van der Waals surface area contributed by atoms with Gasteiger partial charge in [0.15, 0.2) is 0 Å². The Morgan fingerprint density at radius 2 is 2.07 bits per heavy atom. The van der Waals surface area contributed by atoms with Crippen LogP contribution in [0.1, 0.15) is 19.4 Å². The molecule has 0 aliphatic carbocycles. The summed E-state index contributed by atoms with van der Waals surface area (Å²) in [5, 5.41) is 9.50. The molecule has 1 aromatic rings. The Balaban J connectivity index is 2.57. The number of hydrogen-bond donors (Lipinski definition) is 1. The minimum atomic E-state index is -0.808. The van der Waals surface area contributed by atoms with Crippen LogP contribution >= 0.6 is 0 Å². The van der Waals surface area contributed by atoms with E-state index in [4.69, 9.17) is 9.47 Å². The maximum Gasteiger partial charge on any atom is 0.119 e. The number of rotatable bonds is 5. The lowest BCUT2D eigenvalue weighted by atomic mass is 10.1. The van der Waals surface area contributed by atoms with Gasteiger partial charge in [0.2, 0.25) is 0 Å². The Morgan fingerprint density at radius 3 is 2.67 bits per heavy atom. The molecule has 84 valence electrons. The van der Waals surface area contributed by atoms with Gasteiger partial charge in [-0.2, -0.15) is 0 Å². The quantitative estimate of drug-likeness (QED) is 0.807. The van der Waals surface area contributed by atoms with Gasteiger partial charge in [-0.15, -0.1) is 0 Å². The molecule has 0 aliphatic heterocycles. The number of methoxy groups -OCH3 is 1. The zero-order valence-corrected chi connectivity index (χ0v) is 9.49. The van der Waals surface area contributed by atoms with E-state index in [1.807, 2.05) is 24.3 Å². The average Bonchev–Trinajstić information content (AvgIpc) is 2.15. The van der Waals surface area contributed by atoms with E-state index in [1.165, 1.54) is 0 Å². The van der Waals surface area contributed by atoms with Crippen molar-refractivity contribution in [2.45, 2.75) is 26.1 Å². The molecule has 0 saturated heterocycles. The lowest BCUT2D eigenvalue weighted by Crippen LogP contribution is -2.27. The molecule has 15 heavy (non-hydrogen) atoms. The zero-order chi connectivity index (χ0) is 11.3. The molecule has 0 aliphatic rings. The summed E-state index contributed by atoms with van der Waals surface area (Å²) in [6.07, 6.45) is 0. The van der Waals surface area contributed by atoms with Crippen molar-refractivity contribution in [1.82, 2.24) is 0 Å². The molecule has 0 bridgehead atoms. The van der Waals surface area contributed by atoms with Gasteiger partial charge in [-0.3, -0.25) is 0 Å². The van der Waals surface area contributed by atoms with Crippen molar-refractivity contribution in [3.05, 3.63) is 29.8 Å². The lowest BCUT2D eigenvalue weighted by molar-refractivity contribution is 0.0284. The van der Waals surface area contributed by atoms with Gasteiger partial charge in [-0.1, -0.05) is 12.1 Å². The molecule has 0 spiro atoms. The zero-order valence-electron chi connectivity index (χ0n) is 9.49. The Morgan fingerprint density at radius 1 is 1.33 bits per heavy atom.